The fourth-order valence-corrected chi connectivity index (χ4v) is 2.53. The van der Waals surface area contributed by atoms with Crippen LogP contribution in [0, 0.1) is 18.6 Å². The summed E-state index contributed by atoms with van der Waals surface area (Å²) in [6, 6.07) is 2.43. The Kier molecular flexibility index (Phi) is 3.79. The molecule has 2 rings (SSSR count). The molecule has 0 amide bonds. The lowest BCUT2D eigenvalue weighted by Crippen LogP contribution is -2.32. The Morgan fingerprint density at radius 2 is 2.24 bits per heavy atom. The van der Waals surface area contributed by atoms with Crippen molar-refractivity contribution in [2.75, 3.05) is 18.1 Å². The lowest BCUT2D eigenvalue weighted by Gasteiger charge is -2.21. The van der Waals surface area contributed by atoms with Gasteiger partial charge < -0.3 is 4.74 Å². The Labute approximate surface area is 102 Å². The second-order valence-corrected chi connectivity index (χ2v) is 5.00. The highest BCUT2D eigenvalue weighted by Crippen LogP contribution is 2.22. The molecule has 1 aromatic rings. The summed E-state index contributed by atoms with van der Waals surface area (Å²) in [5.74, 6) is -0.948. The quantitative estimate of drug-likeness (QED) is 0.763. The van der Waals surface area contributed by atoms with Crippen LogP contribution in [-0.2, 0) is 4.74 Å². The van der Waals surface area contributed by atoms with Gasteiger partial charge in [0.25, 0.3) is 0 Å². The van der Waals surface area contributed by atoms with Gasteiger partial charge in [-0.15, -0.1) is 0 Å². The third-order valence-electron chi connectivity index (χ3n) is 2.64. The standard InChI is InChI=1S/C12H12F2O2S/c1-7-2-3-8(13)10(11(7)14)12(15)9-6-17-5-4-16-9/h2-3,9H,4-6H2,1H3. The Balaban J connectivity index is 2.32. The Morgan fingerprint density at radius 1 is 1.47 bits per heavy atom. The van der Waals surface area contributed by atoms with Crippen molar-refractivity contribution >= 4 is 17.5 Å². The molecule has 0 spiro atoms. The second kappa shape index (κ2) is 5.14. The molecule has 1 aliphatic heterocycles. The minimum Gasteiger partial charge on any atom is -0.368 e. The highest BCUT2D eigenvalue weighted by Gasteiger charge is 2.28. The van der Waals surface area contributed by atoms with Crippen molar-refractivity contribution in [2.45, 2.75) is 13.0 Å². The number of hydrogen-bond acceptors (Lipinski definition) is 3. The van der Waals surface area contributed by atoms with Crippen LogP contribution < -0.4 is 0 Å². The number of aryl methyl sites for hydroxylation is 1. The minimum absolute atomic E-state index is 0.262. The third-order valence-corrected chi connectivity index (χ3v) is 3.63. The molecule has 0 saturated carbocycles. The van der Waals surface area contributed by atoms with E-state index in [0.29, 0.717) is 12.4 Å². The smallest absolute Gasteiger partial charge is 0.198 e. The maximum absolute atomic E-state index is 13.7. The molecule has 0 bridgehead atoms. The third kappa shape index (κ3) is 2.50. The number of hydrogen-bond donors (Lipinski definition) is 0. The maximum Gasteiger partial charge on any atom is 0.198 e. The van der Waals surface area contributed by atoms with E-state index in [1.54, 1.807) is 11.8 Å². The molecule has 92 valence electrons. The molecule has 0 N–H and O–H groups in total. The normalized spacial score (nSPS) is 20.3. The molecule has 1 heterocycles. The minimum atomic E-state index is -0.822. The van der Waals surface area contributed by atoms with E-state index in [-0.39, 0.29) is 5.56 Å². The van der Waals surface area contributed by atoms with E-state index in [9.17, 15) is 13.6 Å². The van der Waals surface area contributed by atoms with Crippen molar-refractivity contribution in [3.05, 3.63) is 34.9 Å². The molecule has 1 fully saturated rings. The average Bonchev–Trinajstić information content (AvgIpc) is 2.35. The molecule has 1 aromatic carbocycles. The zero-order valence-corrected chi connectivity index (χ0v) is 10.2. The Bertz CT molecular complexity index is 442. The summed E-state index contributed by atoms with van der Waals surface area (Å²) in [4.78, 5) is 12.0. The molecular formula is C12H12F2O2S. The summed E-state index contributed by atoms with van der Waals surface area (Å²) in [7, 11) is 0. The van der Waals surface area contributed by atoms with Gasteiger partial charge in [0.05, 0.1) is 12.2 Å². The molecule has 1 aliphatic rings. The van der Waals surface area contributed by atoms with Crippen LogP contribution in [0.25, 0.3) is 0 Å². The first-order valence-electron chi connectivity index (χ1n) is 5.29. The zero-order valence-electron chi connectivity index (χ0n) is 9.33. The Hall–Kier alpha value is -0.940. The van der Waals surface area contributed by atoms with Crippen molar-refractivity contribution in [2.24, 2.45) is 0 Å². The van der Waals surface area contributed by atoms with Crippen LogP contribution in [0.5, 0.6) is 0 Å². The van der Waals surface area contributed by atoms with Crippen LogP contribution in [-0.4, -0.2) is 30.0 Å². The zero-order chi connectivity index (χ0) is 12.4. The average molecular weight is 258 g/mol. The number of carbonyl (C=O) groups is 1. The van der Waals surface area contributed by atoms with Crippen molar-refractivity contribution in [1.82, 2.24) is 0 Å². The van der Waals surface area contributed by atoms with Crippen molar-refractivity contribution in [3.63, 3.8) is 0 Å². The number of halogens is 2. The summed E-state index contributed by atoms with van der Waals surface area (Å²) < 4.78 is 32.5. The number of benzene rings is 1. The molecule has 5 heteroatoms. The van der Waals surface area contributed by atoms with Crippen molar-refractivity contribution in [3.8, 4) is 0 Å². The van der Waals surface area contributed by atoms with Gasteiger partial charge in [0.1, 0.15) is 17.7 Å². The molecule has 1 unspecified atom stereocenters. The van der Waals surface area contributed by atoms with Crippen LogP contribution in [0.3, 0.4) is 0 Å². The fraction of sp³-hybridized carbons (Fsp3) is 0.417. The maximum atomic E-state index is 13.7. The van der Waals surface area contributed by atoms with E-state index in [1.807, 2.05) is 0 Å². The molecule has 1 saturated heterocycles. The number of thioether (sulfide) groups is 1. The summed E-state index contributed by atoms with van der Waals surface area (Å²) in [5, 5.41) is 0. The van der Waals surface area contributed by atoms with Crippen LogP contribution in [0.1, 0.15) is 15.9 Å². The van der Waals surface area contributed by atoms with Crippen molar-refractivity contribution < 1.29 is 18.3 Å². The van der Waals surface area contributed by atoms with Crippen LogP contribution >= 0.6 is 11.8 Å². The van der Waals surface area contributed by atoms with Gasteiger partial charge in [0.15, 0.2) is 5.78 Å². The number of carbonyl (C=O) groups excluding carboxylic acids is 1. The van der Waals surface area contributed by atoms with Gasteiger partial charge in [-0.25, -0.2) is 8.78 Å². The molecule has 0 radical (unpaired) electrons. The van der Waals surface area contributed by atoms with Gasteiger partial charge in [-0.1, -0.05) is 6.07 Å². The first-order chi connectivity index (χ1) is 8.11. The van der Waals surface area contributed by atoms with Crippen LogP contribution in [0.2, 0.25) is 0 Å². The summed E-state index contributed by atoms with van der Waals surface area (Å²) in [5.41, 5.74) is -0.212. The number of ketones is 1. The fourth-order valence-electron chi connectivity index (χ4n) is 1.68. The van der Waals surface area contributed by atoms with Crippen molar-refractivity contribution in [1.29, 1.82) is 0 Å². The van der Waals surface area contributed by atoms with Gasteiger partial charge in [-0.3, -0.25) is 4.79 Å². The Morgan fingerprint density at radius 3 is 2.88 bits per heavy atom. The summed E-state index contributed by atoms with van der Waals surface area (Å²) >= 11 is 1.55. The highest BCUT2D eigenvalue weighted by atomic mass is 32.2. The monoisotopic (exact) mass is 258 g/mol. The van der Waals surface area contributed by atoms with E-state index in [2.05, 4.69) is 0 Å². The van der Waals surface area contributed by atoms with Gasteiger partial charge in [-0.2, -0.15) is 11.8 Å². The number of Topliss-reactive ketones (excluding diaryl/α,β-unsaturated/α-hetero) is 1. The van der Waals surface area contributed by atoms with Gasteiger partial charge in [0.2, 0.25) is 0 Å². The highest BCUT2D eigenvalue weighted by molar-refractivity contribution is 7.99. The molecule has 17 heavy (non-hydrogen) atoms. The van der Waals surface area contributed by atoms with E-state index < -0.39 is 29.1 Å². The van der Waals surface area contributed by atoms with E-state index in [0.717, 1.165) is 11.8 Å². The first kappa shape index (κ1) is 12.5. The second-order valence-electron chi connectivity index (χ2n) is 3.85. The summed E-state index contributed by atoms with van der Waals surface area (Å²) in [6.07, 6.45) is -0.737. The van der Waals surface area contributed by atoms with Gasteiger partial charge >= 0.3 is 0 Å². The molecule has 2 nitrogen and oxygen atoms in total. The predicted octanol–water partition coefficient (Wildman–Crippen LogP) is 2.59. The lowest BCUT2D eigenvalue weighted by atomic mass is 10.0. The molecule has 0 aliphatic carbocycles. The van der Waals surface area contributed by atoms with Gasteiger partial charge in [-0.05, 0) is 18.6 Å². The van der Waals surface area contributed by atoms with E-state index in [1.165, 1.54) is 13.0 Å². The lowest BCUT2D eigenvalue weighted by molar-refractivity contribution is 0.0510. The summed E-state index contributed by atoms with van der Waals surface area (Å²) in [6.45, 7) is 1.94. The van der Waals surface area contributed by atoms with Crippen LogP contribution in [0.15, 0.2) is 12.1 Å². The van der Waals surface area contributed by atoms with Gasteiger partial charge in [0, 0.05) is 11.5 Å². The molecule has 0 aromatic heterocycles. The van der Waals surface area contributed by atoms with E-state index in [4.69, 9.17) is 4.74 Å². The largest absolute Gasteiger partial charge is 0.368 e. The van der Waals surface area contributed by atoms with E-state index >= 15 is 0 Å². The number of rotatable bonds is 2. The SMILES string of the molecule is Cc1ccc(F)c(C(=O)C2CSCCO2)c1F. The number of ether oxygens (including phenoxy) is 1. The molecule has 1 atom stereocenters. The van der Waals surface area contributed by atoms with Crippen LogP contribution in [0.4, 0.5) is 8.78 Å². The molecular weight excluding hydrogens is 246 g/mol. The predicted molar refractivity (Wildman–Crippen MR) is 62.5 cm³/mol. The topological polar surface area (TPSA) is 26.3 Å². The first-order valence-corrected chi connectivity index (χ1v) is 6.45.